The number of halogens is 4. The molecule has 0 amide bonds. The van der Waals surface area contributed by atoms with Crippen LogP contribution in [0, 0.1) is 0 Å². The first-order valence-corrected chi connectivity index (χ1v) is 7.36. The average Bonchev–Trinajstić information content (AvgIpc) is 2.23. The minimum absolute atomic E-state index is 0.317. The van der Waals surface area contributed by atoms with Crippen molar-refractivity contribution in [3.05, 3.63) is 32.2 Å². The van der Waals surface area contributed by atoms with Crippen LogP contribution in [0.25, 0.3) is 0 Å². The zero-order chi connectivity index (χ0) is 13.0. The Labute approximate surface area is 127 Å². The fourth-order valence-corrected chi connectivity index (χ4v) is 3.08. The Morgan fingerprint density at radius 2 is 1.94 bits per heavy atom. The number of alkyl halides is 1. The maximum Gasteiger partial charge on any atom is 0.320 e. The Morgan fingerprint density at radius 3 is 2.41 bits per heavy atom. The summed E-state index contributed by atoms with van der Waals surface area (Å²) < 4.78 is 5.70. The molecular formula is C11H10Br2Cl2O2. The molecule has 1 aromatic carbocycles. The second-order valence-electron chi connectivity index (χ2n) is 3.27. The Kier molecular flexibility index (Phi) is 6.27. The molecule has 1 aromatic rings. The molecule has 1 unspecified atom stereocenters. The van der Waals surface area contributed by atoms with Crippen LogP contribution in [0.4, 0.5) is 0 Å². The number of carbonyl (C=O) groups is 1. The van der Waals surface area contributed by atoms with Gasteiger partial charge in [-0.05, 0) is 31.0 Å². The molecule has 0 aromatic heterocycles. The van der Waals surface area contributed by atoms with Gasteiger partial charge in [0.05, 0.1) is 6.61 Å². The van der Waals surface area contributed by atoms with Crippen molar-refractivity contribution in [2.45, 2.75) is 18.2 Å². The molecule has 17 heavy (non-hydrogen) atoms. The lowest BCUT2D eigenvalue weighted by molar-refractivity contribution is -0.142. The van der Waals surface area contributed by atoms with Crippen LogP contribution in [0.1, 0.15) is 12.5 Å². The molecular weight excluding hydrogens is 395 g/mol. The summed E-state index contributed by atoms with van der Waals surface area (Å²) in [5, 5.41) is 1.05. The van der Waals surface area contributed by atoms with Crippen molar-refractivity contribution in [2.24, 2.45) is 0 Å². The first kappa shape index (κ1) is 15.3. The third-order valence-electron chi connectivity index (χ3n) is 2.03. The topological polar surface area (TPSA) is 26.3 Å². The lowest BCUT2D eigenvalue weighted by Crippen LogP contribution is -2.20. The van der Waals surface area contributed by atoms with E-state index in [1.807, 2.05) is 0 Å². The summed E-state index contributed by atoms with van der Waals surface area (Å²) >= 11 is 18.7. The highest BCUT2D eigenvalue weighted by Gasteiger charge is 2.19. The third-order valence-corrected chi connectivity index (χ3v) is 3.86. The third kappa shape index (κ3) is 4.43. The quantitative estimate of drug-likeness (QED) is 0.540. The largest absolute Gasteiger partial charge is 0.465 e. The van der Waals surface area contributed by atoms with E-state index in [4.69, 9.17) is 27.9 Å². The van der Waals surface area contributed by atoms with Gasteiger partial charge < -0.3 is 4.74 Å². The van der Waals surface area contributed by atoms with E-state index in [-0.39, 0.29) is 5.97 Å². The molecule has 1 rings (SSSR count). The van der Waals surface area contributed by atoms with Gasteiger partial charge in [-0.3, -0.25) is 4.79 Å². The van der Waals surface area contributed by atoms with Gasteiger partial charge in [0.1, 0.15) is 4.83 Å². The van der Waals surface area contributed by atoms with Gasteiger partial charge in [0, 0.05) is 14.5 Å². The summed E-state index contributed by atoms with van der Waals surface area (Å²) in [6.45, 7) is 2.11. The lowest BCUT2D eigenvalue weighted by Gasteiger charge is -2.12. The van der Waals surface area contributed by atoms with Crippen molar-refractivity contribution in [3.63, 3.8) is 0 Å². The zero-order valence-electron chi connectivity index (χ0n) is 8.97. The summed E-state index contributed by atoms with van der Waals surface area (Å²) in [7, 11) is 0. The SMILES string of the molecule is CCOC(=O)C(Br)Cc1c(Cl)cc(Br)cc1Cl. The second-order valence-corrected chi connectivity index (χ2v) is 6.11. The van der Waals surface area contributed by atoms with Crippen LogP contribution in [0.15, 0.2) is 16.6 Å². The number of hydrogen-bond acceptors (Lipinski definition) is 2. The van der Waals surface area contributed by atoms with E-state index < -0.39 is 4.83 Å². The van der Waals surface area contributed by atoms with E-state index in [9.17, 15) is 4.79 Å². The standard InChI is InChI=1S/C11H10Br2Cl2O2/c1-2-17-11(16)8(13)5-7-9(14)3-6(12)4-10(7)15/h3-4,8H,2,5H2,1H3. The van der Waals surface area contributed by atoms with E-state index in [1.165, 1.54) is 0 Å². The minimum Gasteiger partial charge on any atom is -0.465 e. The van der Waals surface area contributed by atoms with Crippen LogP contribution in [0.5, 0.6) is 0 Å². The fraction of sp³-hybridized carbons (Fsp3) is 0.364. The predicted octanol–water partition coefficient (Wildman–Crippen LogP) is 4.63. The van der Waals surface area contributed by atoms with E-state index >= 15 is 0 Å². The lowest BCUT2D eigenvalue weighted by atomic mass is 10.1. The fourth-order valence-electron chi connectivity index (χ4n) is 1.26. The molecule has 0 heterocycles. The van der Waals surface area contributed by atoms with Crippen molar-refractivity contribution in [2.75, 3.05) is 6.61 Å². The van der Waals surface area contributed by atoms with Crippen LogP contribution >= 0.6 is 55.1 Å². The molecule has 0 saturated heterocycles. The molecule has 0 bridgehead atoms. The van der Waals surface area contributed by atoms with Gasteiger partial charge in [0.15, 0.2) is 0 Å². The number of rotatable bonds is 4. The van der Waals surface area contributed by atoms with Crippen molar-refractivity contribution >= 4 is 61.0 Å². The highest BCUT2D eigenvalue weighted by molar-refractivity contribution is 9.10. The molecule has 94 valence electrons. The number of carbonyl (C=O) groups excluding carboxylic acids is 1. The number of ether oxygens (including phenoxy) is 1. The van der Waals surface area contributed by atoms with E-state index in [2.05, 4.69) is 31.9 Å². The Bertz CT molecular complexity index is 401. The molecule has 0 radical (unpaired) electrons. The molecule has 0 spiro atoms. The van der Waals surface area contributed by atoms with Crippen LogP contribution in [0.2, 0.25) is 10.0 Å². The van der Waals surface area contributed by atoms with Gasteiger partial charge in [0.2, 0.25) is 0 Å². The van der Waals surface area contributed by atoms with E-state index in [0.717, 1.165) is 10.0 Å². The van der Waals surface area contributed by atoms with E-state index in [0.29, 0.717) is 23.1 Å². The molecule has 2 nitrogen and oxygen atoms in total. The Hall–Kier alpha value is 0.230. The van der Waals surface area contributed by atoms with Crippen molar-refractivity contribution < 1.29 is 9.53 Å². The predicted molar refractivity (Wildman–Crippen MR) is 77.2 cm³/mol. The normalized spacial score (nSPS) is 12.3. The molecule has 1 atom stereocenters. The summed E-state index contributed by atoms with van der Waals surface area (Å²) in [6.07, 6.45) is 0.393. The van der Waals surface area contributed by atoms with Crippen molar-refractivity contribution in [1.82, 2.24) is 0 Å². The molecule has 6 heteroatoms. The molecule has 0 aliphatic heterocycles. The Balaban J connectivity index is 2.85. The summed E-state index contributed by atoms with van der Waals surface area (Å²) in [5.74, 6) is -0.317. The summed E-state index contributed by atoms with van der Waals surface area (Å²) in [5.41, 5.74) is 0.728. The molecule has 0 aliphatic rings. The van der Waals surface area contributed by atoms with Gasteiger partial charge in [-0.2, -0.15) is 0 Å². The number of benzene rings is 1. The van der Waals surface area contributed by atoms with Gasteiger partial charge in [0.25, 0.3) is 0 Å². The van der Waals surface area contributed by atoms with Crippen LogP contribution in [0.3, 0.4) is 0 Å². The zero-order valence-corrected chi connectivity index (χ0v) is 13.7. The van der Waals surface area contributed by atoms with Gasteiger partial charge in [-0.15, -0.1) is 0 Å². The molecule has 0 aliphatic carbocycles. The maximum atomic E-state index is 11.5. The Morgan fingerprint density at radius 1 is 1.41 bits per heavy atom. The molecule has 0 fully saturated rings. The maximum absolute atomic E-state index is 11.5. The molecule has 0 saturated carbocycles. The number of esters is 1. The highest BCUT2D eigenvalue weighted by Crippen LogP contribution is 2.31. The second kappa shape index (κ2) is 6.98. The number of hydrogen-bond donors (Lipinski definition) is 0. The first-order chi connectivity index (χ1) is 7.95. The smallest absolute Gasteiger partial charge is 0.320 e. The monoisotopic (exact) mass is 402 g/mol. The van der Waals surface area contributed by atoms with Crippen LogP contribution < -0.4 is 0 Å². The minimum atomic E-state index is -0.446. The average molecular weight is 405 g/mol. The highest BCUT2D eigenvalue weighted by atomic mass is 79.9. The van der Waals surface area contributed by atoms with Crippen LogP contribution in [-0.2, 0) is 16.0 Å². The van der Waals surface area contributed by atoms with Gasteiger partial charge in [-0.25, -0.2) is 0 Å². The van der Waals surface area contributed by atoms with E-state index in [1.54, 1.807) is 19.1 Å². The van der Waals surface area contributed by atoms with Crippen molar-refractivity contribution in [1.29, 1.82) is 0 Å². The molecule has 0 N–H and O–H groups in total. The van der Waals surface area contributed by atoms with Crippen molar-refractivity contribution in [3.8, 4) is 0 Å². The van der Waals surface area contributed by atoms with Gasteiger partial charge >= 0.3 is 5.97 Å². The van der Waals surface area contributed by atoms with Crippen LogP contribution in [-0.4, -0.2) is 17.4 Å². The summed E-state index contributed by atoms with van der Waals surface area (Å²) in [6, 6.07) is 3.49. The summed E-state index contributed by atoms with van der Waals surface area (Å²) in [4.78, 5) is 11.0. The van der Waals surface area contributed by atoms with Gasteiger partial charge in [-0.1, -0.05) is 55.1 Å². The first-order valence-electron chi connectivity index (χ1n) is 4.89.